The van der Waals surface area contributed by atoms with Gasteiger partial charge in [-0.1, -0.05) is 17.7 Å². The number of benzene rings is 2. The van der Waals surface area contributed by atoms with Gasteiger partial charge in [0, 0.05) is 15.6 Å². The molecule has 0 bridgehead atoms. The van der Waals surface area contributed by atoms with Gasteiger partial charge < -0.3 is 15.6 Å². The zero-order valence-electron chi connectivity index (χ0n) is 12.0. The van der Waals surface area contributed by atoms with Crippen molar-refractivity contribution in [2.24, 2.45) is 5.73 Å². The van der Waals surface area contributed by atoms with E-state index in [4.69, 9.17) is 22.4 Å². The van der Waals surface area contributed by atoms with Gasteiger partial charge in [-0.2, -0.15) is 0 Å². The number of carboxylic acids is 1. The minimum atomic E-state index is -0.984. The highest BCUT2D eigenvalue weighted by Gasteiger charge is 2.13. The van der Waals surface area contributed by atoms with E-state index < -0.39 is 12.0 Å². The van der Waals surface area contributed by atoms with Crippen molar-refractivity contribution in [2.45, 2.75) is 24.3 Å². The molecule has 1 unspecified atom stereocenters. The molecule has 0 heterocycles. The number of carboxylic acid groups (broad SMARTS) is 1. The molecule has 0 aliphatic heterocycles. The highest BCUT2D eigenvalue weighted by molar-refractivity contribution is 8.00. The summed E-state index contributed by atoms with van der Waals surface area (Å²) in [6.45, 7) is 1.95. The Morgan fingerprint density at radius 1 is 1.32 bits per heavy atom. The van der Waals surface area contributed by atoms with Crippen LogP contribution in [0.1, 0.15) is 11.1 Å². The summed E-state index contributed by atoms with van der Waals surface area (Å²) in [5.41, 5.74) is 8.51. The highest BCUT2D eigenvalue weighted by Crippen LogP contribution is 2.24. The van der Waals surface area contributed by atoms with E-state index >= 15 is 0 Å². The molecule has 4 N–H and O–H groups in total. The Labute approximate surface area is 138 Å². The molecule has 0 saturated heterocycles. The van der Waals surface area contributed by atoms with Crippen LogP contribution >= 0.6 is 23.5 Å². The summed E-state index contributed by atoms with van der Waals surface area (Å²) in [5.74, 6) is -0.984. The summed E-state index contributed by atoms with van der Waals surface area (Å²) in [6.07, 6.45) is 0.330. The summed E-state index contributed by atoms with van der Waals surface area (Å²) in [6, 6.07) is 12.5. The maximum Gasteiger partial charge on any atom is 0.320 e. The van der Waals surface area contributed by atoms with Crippen LogP contribution in [-0.2, 0) is 11.2 Å². The number of anilines is 1. The average Bonchev–Trinajstić information content (AvgIpc) is 2.49. The van der Waals surface area contributed by atoms with Crippen molar-refractivity contribution in [3.8, 4) is 0 Å². The molecular weight excluding hydrogens is 320 g/mol. The normalized spacial score (nSPS) is 12.0. The second-order valence-corrected chi connectivity index (χ2v) is 6.26. The topological polar surface area (TPSA) is 75.3 Å². The van der Waals surface area contributed by atoms with E-state index in [0.29, 0.717) is 11.4 Å². The standard InChI is InChI=1S/C16H17ClN2O2S/c1-10-8-14(7-2-11(10)9-15(18)16(20)21)22-19-13-5-3-12(17)4-6-13/h2-8,15,19H,9,18H2,1H3,(H,20,21). The largest absolute Gasteiger partial charge is 0.480 e. The Bertz CT molecular complexity index is 662. The lowest BCUT2D eigenvalue weighted by Crippen LogP contribution is -2.32. The molecule has 0 aliphatic rings. The molecule has 0 radical (unpaired) electrons. The summed E-state index contributed by atoms with van der Waals surface area (Å²) in [5, 5.41) is 9.57. The maximum atomic E-state index is 10.8. The van der Waals surface area contributed by atoms with Gasteiger partial charge in [-0.3, -0.25) is 4.79 Å². The summed E-state index contributed by atoms with van der Waals surface area (Å²) < 4.78 is 3.23. The number of hydrogen-bond donors (Lipinski definition) is 3. The van der Waals surface area contributed by atoms with Crippen molar-refractivity contribution in [2.75, 3.05) is 4.72 Å². The number of halogens is 1. The van der Waals surface area contributed by atoms with Crippen molar-refractivity contribution >= 4 is 35.2 Å². The first-order chi connectivity index (χ1) is 10.5. The third kappa shape index (κ3) is 4.66. The van der Waals surface area contributed by atoms with E-state index in [1.807, 2.05) is 49.4 Å². The quantitative estimate of drug-likeness (QED) is 0.701. The van der Waals surface area contributed by atoms with E-state index in [0.717, 1.165) is 21.7 Å². The lowest BCUT2D eigenvalue weighted by Gasteiger charge is -2.11. The lowest BCUT2D eigenvalue weighted by atomic mass is 10.0. The summed E-state index contributed by atoms with van der Waals surface area (Å²) in [7, 11) is 0. The summed E-state index contributed by atoms with van der Waals surface area (Å²) in [4.78, 5) is 11.9. The molecule has 0 fully saturated rings. The van der Waals surface area contributed by atoms with Crippen LogP contribution in [0.5, 0.6) is 0 Å². The van der Waals surface area contributed by atoms with Gasteiger partial charge in [-0.15, -0.1) is 0 Å². The van der Waals surface area contributed by atoms with E-state index in [9.17, 15) is 4.79 Å². The molecule has 116 valence electrons. The molecule has 1 atom stereocenters. The molecule has 2 aromatic carbocycles. The zero-order chi connectivity index (χ0) is 16.1. The van der Waals surface area contributed by atoms with Crippen molar-refractivity contribution in [3.05, 3.63) is 58.6 Å². The Morgan fingerprint density at radius 2 is 2.00 bits per heavy atom. The molecule has 22 heavy (non-hydrogen) atoms. The van der Waals surface area contributed by atoms with Crippen LogP contribution in [0, 0.1) is 6.92 Å². The number of nitrogens with two attached hydrogens (primary N) is 1. The molecule has 4 nitrogen and oxygen atoms in total. The second kappa shape index (κ2) is 7.54. The van der Waals surface area contributed by atoms with Crippen molar-refractivity contribution in [3.63, 3.8) is 0 Å². The predicted molar refractivity (Wildman–Crippen MR) is 91.4 cm³/mol. The minimum Gasteiger partial charge on any atom is -0.480 e. The Morgan fingerprint density at radius 3 is 2.59 bits per heavy atom. The molecular formula is C16H17ClN2O2S. The Hall–Kier alpha value is -1.69. The van der Waals surface area contributed by atoms with Gasteiger partial charge in [0.05, 0.1) is 0 Å². The van der Waals surface area contributed by atoms with Crippen molar-refractivity contribution < 1.29 is 9.90 Å². The average molecular weight is 337 g/mol. The van der Waals surface area contributed by atoms with Crippen LogP contribution in [0.15, 0.2) is 47.4 Å². The number of carbonyl (C=O) groups is 1. The Balaban J connectivity index is 1.99. The predicted octanol–water partition coefficient (Wildman–Crippen LogP) is 3.72. The fourth-order valence-corrected chi connectivity index (χ4v) is 2.79. The van der Waals surface area contributed by atoms with Crippen LogP contribution in [-0.4, -0.2) is 17.1 Å². The van der Waals surface area contributed by atoms with Gasteiger partial charge in [0.1, 0.15) is 6.04 Å². The van der Waals surface area contributed by atoms with Crippen LogP contribution in [0.3, 0.4) is 0 Å². The fraction of sp³-hybridized carbons (Fsp3) is 0.188. The molecule has 0 amide bonds. The van der Waals surface area contributed by atoms with Crippen molar-refractivity contribution in [1.29, 1.82) is 0 Å². The highest BCUT2D eigenvalue weighted by atomic mass is 35.5. The maximum absolute atomic E-state index is 10.8. The van der Waals surface area contributed by atoms with E-state index in [2.05, 4.69) is 4.72 Å². The van der Waals surface area contributed by atoms with E-state index in [1.54, 1.807) is 0 Å². The van der Waals surface area contributed by atoms with Gasteiger partial charge >= 0.3 is 5.97 Å². The van der Waals surface area contributed by atoms with E-state index in [-0.39, 0.29) is 0 Å². The lowest BCUT2D eigenvalue weighted by molar-refractivity contribution is -0.138. The van der Waals surface area contributed by atoms with Gasteiger partial charge in [-0.05, 0) is 72.8 Å². The monoisotopic (exact) mass is 336 g/mol. The van der Waals surface area contributed by atoms with Gasteiger partial charge in [0.2, 0.25) is 0 Å². The third-order valence-electron chi connectivity index (χ3n) is 3.20. The number of hydrogen-bond acceptors (Lipinski definition) is 4. The smallest absolute Gasteiger partial charge is 0.320 e. The van der Waals surface area contributed by atoms with Crippen LogP contribution < -0.4 is 10.5 Å². The van der Waals surface area contributed by atoms with Gasteiger partial charge in [-0.25, -0.2) is 0 Å². The third-order valence-corrected chi connectivity index (χ3v) is 4.28. The van der Waals surface area contributed by atoms with Gasteiger partial charge in [0.25, 0.3) is 0 Å². The summed E-state index contributed by atoms with van der Waals surface area (Å²) >= 11 is 7.33. The molecule has 2 rings (SSSR count). The SMILES string of the molecule is Cc1cc(SNc2ccc(Cl)cc2)ccc1CC(N)C(=O)O. The first-order valence-electron chi connectivity index (χ1n) is 6.72. The molecule has 0 aromatic heterocycles. The first-order valence-corrected chi connectivity index (χ1v) is 7.91. The molecule has 2 aromatic rings. The number of nitrogens with one attached hydrogen (secondary N) is 1. The van der Waals surface area contributed by atoms with Crippen LogP contribution in [0.2, 0.25) is 5.02 Å². The molecule has 0 aliphatic carbocycles. The zero-order valence-corrected chi connectivity index (χ0v) is 13.6. The minimum absolute atomic E-state index is 0.330. The van der Waals surface area contributed by atoms with Crippen LogP contribution in [0.25, 0.3) is 0 Å². The number of aryl methyl sites for hydroxylation is 1. The van der Waals surface area contributed by atoms with Gasteiger partial charge in [0.15, 0.2) is 0 Å². The Kier molecular flexibility index (Phi) is 5.71. The fourth-order valence-electron chi connectivity index (χ4n) is 1.92. The van der Waals surface area contributed by atoms with Crippen LogP contribution in [0.4, 0.5) is 5.69 Å². The molecule has 0 spiro atoms. The second-order valence-electron chi connectivity index (χ2n) is 4.95. The number of aliphatic carboxylic acids is 1. The van der Waals surface area contributed by atoms with E-state index in [1.165, 1.54) is 11.9 Å². The number of rotatable bonds is 6. The first kappa shape index (κ1) is 16.7. The molecule has 6 heteroatoms. The van der Waals surface area contributed by atoms with Crippen molar-refractivity contribution in [1.82, 2.24) is 0 Å². The molecule has 0 saturated carbocycles.